The largest absolute Gasteiger partial charge is 0.414 e. The molecule has 0 amide bonds. The second-order valence-corrected chi connectivity index (χ2v) is 12.9. The molecule has 1 fully saturated rings. The van der Waals surface area contributed by atoms with E-state index in [1.165, 1.54) is 5.56 Å². The number of benzene rings is 1. The Morgan fingerprint density at radius 3 is 2.35 bits per heavy atom. The topological polar surface area (TPSA) is 42.0 Å². The molecule has 1 aliphatic heterocycles. The molecule has 1 aromatic rings. The average molecular weight is 337 g/mol. The molecule has 1 aliphatic rings. The number of aliphatic hydroxyl groups excluding tert-OH is 1. The van der Waals surface area contributed by atoms with Gasteiger partial charge in [-0.15, -0.1) is 0 Å². The van der Waals surface area contributed by atoms with E-state index in [2.05, 4.69) is 64.2 Å². The first-order valence-electron chi connectivity index (χ1n) is 8.71. The van der Waals surface area contributed by atoms with Crippen LogP contribution in [-0.4, -0.2) is 38.3 Å². The summed E-state index contributed by atoms with van der Waals surface area (Å²) < 4.78 is 12.2. The van der Waals surface area contributed by atoms with Crippen molar-refractivity contribution in [3.05, 3.63) is 35.9 Å². The Bertz CT molecular complexity index is 481. The van der Waals surface area contributed by atoms with Crippen LogP contribution in [-0.2, 0) is 15.6 Å². The van der Waals surface area contributed by atoms with E-state index < -0.39 is 8.32 Å². The first-order chi connectivity index (χ1) is 10.7. The smallest absolute Gasteiger partial charge is 0.192 e. The summed E-state index contributed by atoms with van der Waals surface area (Å²) in [5.41, 5.74) is 1.35. The van der Waals surface area contributed by atoms with Crippen LogP contribution in [0.3, 0.4) is 0 Å². The Morgan fingerprint density at radius 1 is 1.17 bits per heavy atom. The normalized spacial score (nSPS) is 22.9. The molecule has 1 heterocycles. The van der Waals surface area contributed by atoms with Gasteiger partial charge in [0, 0.05) is 12.5 Å². The van der Waals surface area contributed by atoms with Gasteiger partial charge in [0.25, 0.3) is 0 Å². The third-order valence-corrected chi connectivity index (χ3v) is 9.76. The molecule has 4 heteroatoms. The molecule has 0 spiro atoms. The first kappa shape index (κ1) is 18.7. The zero-order valence-electron chi connectivity index (χ0n) is 15.2. The van der Waals surface area contributed by atoms with Crippen LogP contribution in [0.4, 0.5) is 0 Å². The lowest BCUT2D eigenvalue weighted by Crippen LogP contribution is -2.44. The van der Waals surface area contributed by atoms with Crippen LogP contribution in [0.15, 0.2) is 30.3 Å². The SMILES string of the molecule is CC(C)(C)[Si](C)(C)O[C@H](CCc1ccccc1)C[C@@H]1O[C@H]1CO. The molecule has 0 bridgehead atoms. The minimum atomic E-state index is -1.80. The monoisotopic (exact) mass is 336 g/mol. The molecule has 0 aromatic heterocycles. The molecule has 1 N–H and O–H groups in total. The Morgan fingerprint density at radius 2 is 1.83 bits per heavy atom. The van der Waals surface area contributed by atoms with Crippen molar-refractivity contribution in [1.29, 1.82) is 0 Å². The van der Waals surface area contributed by atoms with Crippen molar-refractivity contribution in [3.8, 4) is 0 Å². The van der Waals surface area contributed by atoms with E-state index in [0.717, 1.165) is 19.3 Å². The van der Waals surface area contributed by atoms with Gasteiger partial charge in [-0.3, -0.25) is 0 Å². The number of aryl methyl sites for hydroxylation is 1. The first-order valence-corrected chi connectivity index (χ1v) is 11.6. The molecule has 2 rings (SSSR count). The van der Waals surface area contributed by atoms with E-state index in [1.807, 2.05) is 0 Å². The summed E-state index contributed by atoms with van der Waals surface area (Å²) in [6, 6.07) is 10.6. The summed E-state index contributed by atoms with van der Waals surface area (Å²) in [5, 5.41) is 9.41. The van der Waals surface area contributed by atoms with Crippen molar-refractivity contribution >= 4 is 8.32 Å². The summed E-state index contributed by atoms with van der Waals surface area (Å²) in [6.07, 6.45) is 3.33. The molecule has 1 saturated heterocycles. The van der Waals surface area contributed by atoms with Gasteiger partial charge in [-0.2, -0.15) is 0 Å². The minimum absolute atomic E-state index is 0.0252. The van der Waals surface area contributed by atoms with Crippen molar-refractivity contribution in [2.75, 3.05) is 6.61 Å². The number of aliphatic hydroxyl groups is 1. The van der Waals surface area contributed by atoms with Crippen molar-refractivity contribution in [3.63, 3.8) is 0 Å². The summed E-state index contributed by atoms with van der Waals surface area (Å²) >= 11 is 0. The zero-order valence-corrected chi connectivity index (χ0v) is 16.2. The molecular formula is C19H32O3Si. The highest BCUT2D eigenvalue weighted by atomic mass is 28.4. The predicted octanol–water partition coefficient (Wildman–Crippen LogP) is 4.16. The van der Waals surface area contributed by atoms with Crippen LogP contribution >= 0.6 is 0 Å². The van der Waals surface area contributed by atoms with E-state index in [9.17, 15) is 5.11 Å². The fourth-order valence-corrected chi connectivity index (χ4v) is 4.00. The number of hydrogen-bond donors (Lipinski definition) is 1. The van der Waals surface area contributed by atoms with Crippen LogP contribution in [0.1, 0.15) is 39.2 Å². The van der Waals surface area contributed by atoms with E-state index in [1.54, 1.807) is 0 Å². The maximum Gasteiger partial charge on any atom is 0.192 e. The van der Waals surface area contributed by atoms with Gasteiger partial charge < -0.3 is 14.3 Å². The molecule has 0 radical (unpaired) electrons. The van der Waals surface area contributed by atoms with Crippen LogP contribution < -0.4 is 0 Å². The zero-order chi connectivity index (χ0) is 17.1. The molecule has 3 atom stereocenters. The van der Waals surface area contributed by atoms with E-state index >= 15 is 0 Å². The highest BCUT2D eigenvalue weighted by Crippen LogP contribution is 2.39. The fraction of sp³-hybridized carbons (Fsp3) is 0.684. The number of ether oxygens (including phenoxy) is 1. The van der Waals surface area contributed by atoms with Crippen molar-refractivity contribution in [1.82, 2.24) is 0 Å². The molecule has 3 nitrogen and oxygen atoms in total. The third kappa shape index (κ3) is 5.42. The summed E-state index contributed by atoms with van der Waals surface area (Å²) in [7, 11) is -1.80. The summed E-state index contributed by atoms with van der Waals surface area (Å²) in [6.45, 7) is 11.6. The molecule has 130 valence electrons. The maximum atomic E-state index is 9.20. The van der Waals surface area contributed by atoms with Gasteiger partial charge in [0.15, 0.2) is 8.32 Å². The van der Waals surface area contributed by atoms with E-state index in [4.69, 9.17) is 9.16 Å². The highest BCUT2D eigenvalue weighted by Gasteiger charge is 2.43. The second kappa shape index (κ2) is 7.47. The van der Waals surface area contributed by atoms with Crippen LogP contribution in [0.25, 0.3) is 0 Å². The second-order valence-electron chi connectivity index (χ2n) is 8.16. The van der Waals surface area contributed by atoms with Gasteiger partial charge in [-0.05, 0) is 36.5 Å². The van der Waals surface area contributed by atoms with E-state index in [0.29, 0.717) is 0 Å². The fourth-order valence-electron chi connectivity index (χ4n) is 2.60. The summed E-state index contributed by atoms with van der Waals surface area (Å²) in [5.74, 6) is 0. The third-order valence-electron chi connectivity index (χ3n) is 5.23. The highest BCUT2D eigenvalue weighted by molar-refractivity contribution is 6.74. The number of hydrogen-bond acceptors (Lipinski definition) is 3. The Labute approximate surface area is 142 Å². The van der Waals surface area contributed by atoms with Gasteiger partial charge in [-0.25, -0.2) is 0 Å². The molecule has 0 unspecified atom stereocenters. The Hall–Kier alpha value is -0.683. The molecule has 1 aromatic carbocycles. The lowest BCUT2D eigenvalue weighted by Gasteiger charge is -2.39. The van der Waals surface area contributed by atoms with Gasteiger partial charge >= 0.3 is 0 Å². The molecule has 0 aliphatic carbocycles. The predicted molar refractivity (Wildman–Crippen MR) is 97.2 cm³/mol. The lowest BCUT2D eigenvalue weighted by atomic mass is 10.0. The van der Waals surface area contributed by atoms with E-state index in [-0.39, 0.29) is 30.0 Å². The minimum Gasteiger partial charge on any atom is -0.414 e. The van der Waals surface area contributed by atoms with Crippen LogP contribution in [0, 0.1) is 0 Å². The Kier molecular flexibility index (Phi) is 6.06. The van der Waals surface area contributed by atoms with Crippen molar-refractivity contribution in [2.24, 2.45) is 0 Å². The van der Waals surface area contributed by atoms with Crippen molar-refractivity contribution in [2.45, 2.75) is 76.5 Å². The lowest BCUT2D eigenvalue weighted by molar-refractivity contribution is 0.149. The molecular weight excluding hydrogens is 304 g/mol. The molecule has 23 heavy (non-hydrogen) atoms. The maximum absolute atomic E-state index is 9.20. The van der Waals surface area contributed by atoms with Gasteiger partial charge in [0.1, 0.15) is 6.10 Å². The molecule has 0 saturated carbocycles. The summed E-state index contributed by atoms with van der Waals surface area (Å²) in [4.78, 5) is 0. The number of rotatable bonds is 8. The van der Waals surface area contributed by atoms with Crippen LogP contribution in [0.5, 0.6) is 0 Å². The van der Waals surface area contributed by atoms with Crippen LogP contribution in [0.2, 0.25) is 18.1 Å². The number of epoxide rings is 1. The van der Waals surface area contributed by atoms with Gasteiger partial charge in [0.05, 0.1) is 12.7 Å². The Balaban J connectivity index is 1.97. The average Bonchev–Trinajstić information content (AvgIpc) is 3.22. The van der Waals surface area contributed by atoms with Gasteiger partial charge in [0.2, 0.25) is 0 Å². The standard InChI is InChI=1S/C19H32O3Si/c1-19(2,3)23(4,5)22-16(13-17-18(14-20)21-17)12-11-15-9-7-6-8-10-15/h6-10,16-18,20H,11-14H2,1-5H3/t16-,17+,18+/m1/s1. The van der Waals surface area contributed by atoms with Gasteiger partial charge in [-0.1, -0.05) is 51.1 Å². The van der Waals surface area contributed by atoms with Crippen molar-refractivity contribution < 1.29 is 14.3 Å². The quantitative estimate of drug-likeness (QED) is 0.572.